The summed E-state index contributed by atoms with van der Waals surface area (Å²) in [5.74, 6) is -3.03. The van der Waals surface area contributed by atoms with Gasteiger partial charge in [0.25, 0.3) is 9.05 Å². The quantitative estimate of drug-likeness (QED) is 0.777. The van der Waals surface area contributed by atoms with Gasteiger partial charge in [-0.05, 0) is 18.2 Å². The van der Waals surface area contributed by atoms with E-state index in [0.29, 0.717) is 22.7 Å². The van der Waals surface area contributed by atoms with Crippen molar-refractivity contribution in [3.63, 3.8) is 0 Å². The van der Waals surface area contributed by atoms with Gasteiger partial charge in [-0.25, -0.2) is 17.2 Å². The number of rotatable bonds is 4. The van der Waals surface area contributed by atoms with E-state index < -0.39 is 31.3 Å². The minimum atomic E-state index is -4.22. The van der Waals surface area contributed by atoms with Gasteiger partial charge in [0.1, 0.15) is 6.61 Å². The topological polar surface area (TPSA) is 43.4 Å². The van der Waals surface area contributed by atoms with Crippen molar-refractivity contribution in [2.75, 3.05) is 0 Å². The Labute approximate surface area is 129 Å². The smallest absolute Gasteiger partial charge is 0.261 e. The maximum absolute atomic E-state index is 13.7. The molecule has 0 spiro atoms. The molecule has 0 unspecified atom stereocenters. The van der Waals surface area contributed by atoms with Crippen LogP contribution in [0.25, 0.3) is 0 Å². The molecule has 21 heavy (non-hydrogen) atoms. The van der Waals surface area contributed by atoms with Crippen LogP contribution in [0.5, 0.6) is 5.75 Å². The largest absolute Gasteiger partial charge is 0.483 e. The molecule has 0 fully saturated rings. The number of ether oxygens (including phenoxy) is 1. The Kier molecular flexibility index (Phi) is 4.70. The highest BCUT2D eigenvalue weighted by atomic mass is 35.7. The molecule has 0 heterocycles. The van der Waals surface area contributed by atoms with E-state index in [9.17, 15) is 17.2 Å². The molecule has 0 amide bonds. The fourth-order valence-corrected chi connectivity index (χ4v) is 2.53. The van der Waals surface area contributed by atoms with Crippen molar-refractivity contribution in [1.29, 1.82) is 0 Å². The number of halogens is 4. The third kappa shape index (κ3) is 3.84. The van der Waals surface area contributed by atoms with E-state index in [0.717, 1.165) is 0 Å². The van der Waals surface area contributed by atoms with Crippen molar-refractivity contribution in [2.24, 2.45) is 0 Å². The zero-order chi connectivity index (χ0) is 15.6. The van der Waals surface area contributed by atoms with Gasteiger partial charge < -0.3 is 4.74 Å². The van der Waals surface area contributed by atoms with Gasteiger partial charge in [-0.3, -0.25) is 0 Å². The Balaban J connectivity index is 2.28. The predicted octanol–water partition coefficient (Wildman–Crippen LogP) is 4.12. The van der Waals surface area contributed by atoms with E-state index >= 15 is 0 Å². The fourth-order valence-electron chi connectivity index (χ4n) is 1.58. The summed E-state index contributed by atoms with van der Waals surface area (Å²) in [6, 6.07) is 7.82. The zero-order valence-electron chi connectivity index (χ0n) is 10.3. The van der Waals surface area contributed by atoms with Crippen LogP contribution in [0.15, 0.2) is 41.3 Å². The van der Waals surface area contributed by atoms with Crippen molar-refractivity contribution < 1.29 is 21.9 Å². The molecule has 3 nitrogen and oxygen atoms in total. The van der Waals surface area contributed by atoms with Crippen LogP contribution >= 0.6 is 22.3 Å². The first-order valence-corrected chi connectivity index (χ1v) is 8.27. The van der Waals surface area contributed by atoms with E-state index in [4.69, 9.17) is 27.0 Å². The summed E-state index contributed by atoms with van der Waals surface area (Å²) in [6.45, 7) is -0.166. The first-order chi connectivity index (χ1) is 9.79. The third-order valence-corrected chi connectivity index (χ3v) is 4.29. The molecule has 0 aliphatic rings. The highest BCUT2D eigenvalue weighted by Gasteiger charge is 2.19. The number of benzene rings is 2. The summed E-state index contributed by atoms with van der Waals surface area (Å²) in [5.41, 5.74) is 0.534. The Morgan fingerprint density at radius 3 is 2.19 bits per heavy atom. The molecule has 0 bridgehead atoms. The molecular weight excluding hydrogens is 345 g/mol. The van der Waals surface area contributed by atoms with Crippen LogP contribution in [-0.4, -0.2) is 8.42 Å². The van der Waals surface area contributed by atoms with Crippen molar-refractivity contribution in [3.8, 4) is 5.75 Å². The Morgan fingerprint density at radius 2 is 1.67 bits per heavy atom. The SMILES string of the molecule is O=S(=O)(Cl)c1cc(F)c(OCc2ccccc2Cl)c(F)c1. The summed E-state index contributed by atoms with van der Waals surface area (Å²) in [5, 5.41) is 0.387. The number of hydrogen-bond acceptors (Lipinski definition) is 3. The van der Waals surface area contributed by atoms with Crippen molar-refractivity contribution in [3.05, 3.63) is 58.6 Å². The van der Waals surface area contributed by atoms with Crippen molar-refractivity contribution >= 4 is 31.3 Å². The lowest BCUT2D eigenvalue weighted by molar-refractivity contribution is 0.273. The standard InChI is InChI=1S/C13H8Cl2F2O3S/c14-10-4-2-1-3-8(10)7-20-13-11(16)5-9(6-12(13)17)21(15,18)19/h1-6H,7H2. The van der Waals surface area contributed by atoms with Crippen LogP contribution in [0.3, 0.4) is 0 Å². The predicted molar refractivity (Wildman–Crippen MR) is 75.2 cm³/mol. The van der Waals surface area contributed by atoms with Crippen LogP contribution in [0, 0.1) is 11.6 Å². The van der Waals surface area contributed by atoms with E-state index in [1.165, 1.54) is 0 Å². The third-order valence-electron chi connectivity index (χ3n) is 2.58. The van der Waals surface area contributed by atoms with Crippen LogP contribution in [0.1, 0.15) is 5.56 Å². The second-order valence-electron chi connectivity index (χ2n) is 4.03. The molecule has 112 valence electrons. The van der Waals surface area contributed by atoms with Crippen LogP contribution in [0.2, 0.25) is 5.02 Å². The van der Waals surface area contributed by atoms with Gasteiger partial charge in [0.2, 0.25) is 0 Å². The lowest BCUT2D eigenvalue weighted by Gasteiger charge is -2.10. The van der Waals surface area contributed by atoms with Crippen LogP contribution in [-0.2, 0) is 15.7 Å². The lowest BCUT2D eigenvalue weighted by Crippen LogP contribution is -2.02. The maximum Gasteiger partial charge on any atom is 0.261 e. The first kappa shape index (κ1) is 16.0. The van der Waals surface area contributed by atoms with E-state index in [-0.39, 0.29) is 6.61 Å². The monoisotopic (exact) mass is 352 g/mol. The van der Waals surface area contributed by atoms with Gasteiger partial charge in [0.15, 0.2) is 17.4 Å². The molecule has 0 saturated carbocycles. The summed E-state index contributed by atoms with van der Waals surface area (Å²) >= 11 is 5.89. The second kappa shape index (κ2) is 6.17. The molecule has 0 aromatic heterocycles. The van der Waals surface area contributed by atoms with E-state index in [1.54, 1.807) is 24.3 Å². The molecule has 0 aliphatic heterocycles. The highest BCUT2D eigenvalue weighted by molar-refractivity contribution is 8.13. The van der Waals surface area contributed by atoms with Gasteiger partial charge in [-0.2, -0.15) is 0 Å². The molecular formula is C13H8Cl2F2O3S. The average molecular weight is 353 g/mol. The molecule has 2 aromatic carbocycles. The van der Waals surface area contributed by atoms with Gasteiger partial charge in [-0.15, -0.1) is 0 Å². The summed E-state index contributed by atoms with van der Waals surface area (Å²) in [7, 11) is 0.806. The average Bonchev–Trinajstić information content (AvgIpc) is 2.38. The lowest BCUT2D eigenvalue weighted by atomic mass is 10.2. The molecule has 2 aromatic rings. The second-order valence-corrected chi connectivity index (χ2v) is 7.01. The summed E-state index contributed by atoms with van der Waals surface area (Å²) in [6.07, 6.45) is 0. The minimum absolute atomic E-state index is 0.166. The summed E-state index contributed by atoms with van der Waals surface area (Å²) in [4.78, 5) is -0.677. The highest BCUT2D eigenvalue weighted by Crippen LogP contribution is 2.28. The Bertz CT molecular complexity index is 756. The summed E-state index contributed by atoms with van der Waals surface area (Å²) < 4.78 is 54.6. The van der Waals surface area contributed by atoms with Gasteiger partial charge in [0.05, 0.1) is 4.90 Å². The van der Waals surface area contributed by atoms with Crippen molar-refractivity contribution in [2.45, 2.75) is 11.5 Å². The van der Waals surface area contributed by atoms with Gasteiger partial charge in [-0.1, -0.05) is 29.8 Å². The molecule has 0 saturated heterocycles. The molecule has 8 heteroatoms. The number of hydrogen-bond donors (Lipinski definition) is 0. The van der Waals surface area contributed by atoms with E-state index in [1.807, 2.05) is 0 Å². The van der Waals surface area contributed by atoms with Crippen molar-refractivity contribution in [1.82, 2.24) is 0 Å². The molecule has 0 N–H and O–H groups in total. The zero-order valence-corrected chi connectivity index (χ0v) is 12.6. The van der Waals surface area contributed by atoms with Crippen LogP contribution < -0.4 is 4.74 Å². The fraction of sp³-hybridized carbons (Fsp3) is 0.0769. The van der Waals surface area contributed by atoms with Gasteiger partial charge in [0, 0.05) is 21.3 Å². The first-order valence-electron chi connectivity index (χ1n) is 5.59. The minimum Gasteiger partial charge on any atom is -0.483 e. The molecule has 0 aliphatic carbocycles. The normalized spacial score (nSPS) is 11.4. The Morgan fingerprint density at radius 1 is 1.10 bits per heavy atom. The van der Waals surface area contributed by atoms with E-state index in [2.05, 4.69) is 0 Å². The Hall–Kier alpha value is -1.37. The molecule has 2 rings (SSSR count). The molecule has 0 atom stereocenters. The molecule has 0 radical (unpaired) electrons. The maximum atomic E-state index is 13.7. The van der Waals surface area contributed by atoms with Crippen LogP contribution in [0.4, 0.5) is 8.78 Å². The van der Waals surface area contributed by atoms with Gasteiger partial charge >= 0.3 is 0 Å².